The quantitative estimate of drug-likeness (QED) is 0.428. The molecule has 0 saturated heterocycles. The van der Waals surface area contributed by atoms with Gasteiger partial charge in [-0.3, -0.25) is 19.4 Å². The minimum absolute atomic E-state index is 0.0235. The monoisotopic (exact) mass is 527 g/mol. The van der Waals surface area contributed by atoms with E-state index < -0.39 is 11.3 Å². The van der Waals surface area contributed by atoms with Crippen molar-refractivity contribution in [2.75, 3.05) is 20.3 Å². The molecule has 0 bridgehead atoms. The smallest absolute Gasteiger partial charge is 0.259 e. The number of aliphatic imine (C=N–C) groups is 2. The van der Waals surface area contributed by atoms with Gasteiger partial charge in [0.25, 0.3) is 5.91 Å². The van der Waals surface area contributed by atoms with Gasteiger partial charge >= 0.3 is 0 Å². The standard InChI is InChI=1S/C27H37N5O4S/c1-3-22(25(34)28-16-9-17-36-2)37-27-31-20-13-8-7-12-19(20)24-30-21(26(35)32(24)27)14-15-23(33)29-18-10-5-4-6-11-18/h7-8,12-13,18,21-22H,3-6,9-11,14-17H2,1-2H3,(H,28,34)(H,29,33)/t21-,22+/m0/s1. The number of hydrogen-bond acceptors (Lipinski definition) is 7. The van der Waals surface area contributed by atoms with Gasteiger partial charge in [0.05, 0.1) is 10.9 Å². The number of carbonyl (C=O) groups is 3. The van der Waals surface area contributed by atoms with E-state index in [1.807, 2.05) is 31.2 Å². The Morgan fingerprint density at radius 3 is 2.76 bits per heavy atom. The summed E-state index contributed by atoms with van der Waals surface area (Å²) in [5.74, 6) is 0.235. The van der Waals surface area contributed by atoms with Crippen molar-refractivity contribution < 1.29 is 19.1 Å². The second-order valence-corrected chi connectivity index (χ2v) is 10.8. The van der Waals surface area contributed by atoms with Crippen LogP contribution >= 0.6 is 11.8 Å². The van der Waals surface area contributed by atoms with Crippen molar-refractivity contribution in [3.8, 4) is 0 Å². The summed E-state index contributed by atoms with van der Waals surface area (Å²) in [5, 5.41) is 6.13. The van der Waals surface area contributed by atoms with Gasteiger partial charge in [-0.1, -0.05) is 50.1 Å². The zero-order chi connectivity index (χ0) is 26.2. The Bertz CT molecular complexity index is 1050. The van der Waals surface area contributed by atoms with Crippen LogP contribution < -0.4 is 10.6 Å². The van der Waals surface area contributed by atoms with Crippen molar-refractivity contribution in [1.29, 1.82) is 0 Å². The van der Waals surface area contributed by atoms with E-state index in [1.54, 1.807) is 7.11 Å². The largest absolute Gasteiger partial charge is 0.385 e. The van der Waals surface area contributed by atoms with E-state index in [0.717, 1.165) is 43.4 Å². The zero-order valence-corrected chi connectivity index (χ0v) is 22.5. The number of benzene rings is 1. The molecule has 4 rings (SSSR count). The van der Waals surface area contributed by atoms with E-state index in [1.165, 1.54) is 23.1 Å². The molecule has 200 valence electrons. The molecule has 2 atom stereocenters. The van der Waals surface area contributed by atoms with Crippen LogP contribution in [0.15, 0.2) is 34.3 Å². The van der Waals surface area contributed by atoms with E-state index in [9.17, 15) is 14.4 Å². The van der Waals surface area contributed by atoms with Gasteiger partial charge < -0.3 is 15.4 Å². The van der Waals surface area contributed by atoms with Crippen molar-refractivity contribution >= 4 is 46.2 Å². The second kappa shape index (κ2) is 13.2. The molecule has 1 aromatic rings. The number of para-hydroxylation sites is 1. The van der Waals surface area contributed by atoms with Gasteiger partial charge in [-0.15, -0.1) is 0 Å². The molecular formula is C27H37N5O4S. The number of thioether (sulfide) groups is 1. The first kappa shape index (κ1) is 27.3. The van der Waals surface area contributed by atoms with E-state index in [-0.39, 0.29) is 30.2 Å². The zero-order valence-electron chi connectivity index (χ0n) is 21.7. The SMILES string of the molecule is CC[C@@H](SC1=Nc2ccccc2C2=N[C@@H](CCC(=O)NC3CCCCC3)C(=O)N12)C(=O)NCCCOC. The summed E-state index contributed by atoms with van der Waals surface area (Å²) >= 11 is 1.28. The molecule has 0 spiro atoms. The third-order valence-electron chi connectivity index (χ3n) is 6.90. The maximum Gasteiger partial charge on any atom is 0.259 e. The lowest BCUT2D eigenvalue weighted by Crippen LogP contribution is -2.43. The van der Waals surface area contributed by atoms with Crippen LogP contribution in [0.2, 0.25) is 0 Å². The highest BCUT2D eigenvalue weighted by molar-refractivity contribution is 8.15. The van der Waals surface area contributed by atoms with Crippen LogP contribution in [0.5, 0.6) is 0 Å². The van der Waals surface area contributed by atoms with Gasteiger partial charge in [-0.25, -0.2) is 9.89 Å². The highest BCUT2D eigenvalue weighted by Gasteiger charge is 2.42. The third kappa shape index (κ3) is 6.78. The first-order chi connectivity index (χ1) is 18.0. The molecule has 2 N–H and O–H groups in total. The molecule has 1 aromatic carbocycles. The van der Waals surface area contributed by atoms with E-state index in [0.29, 0.717) is 37.0 Å². The predicted octanol–water partition coefficient (Wildman–Crippen LogP) is 3.54. The number of rotatable bonds is 11. The Morgan fingerprint density at radius 1 is 1.22 bits per heavy atom. The number of hydrogen-bond donors (Lipinski definition) is 2. The number of fused-ring (bicyclic) bond motifs is 3. The topological polar surface area (TPSA) is 112 Å². The molecule has 0 aromatic heterocycles. The normalized spacial score (nSPS) is 20.0. The summed E-state index contributed by atoms with van der Waals surface area (Å²) in [6.07, 6.45) is 7.49. The third-order valence-corrected chi connectivity index (χ3v) is 8.21. The number of amidine groups is 2. The van der Waals surface area contributed by atoms with Crippen LogP contribution in [0.1, 0.15) is 70.3 Å². The summed E-state index contributed by atoms with van der Waals surface area (Å²) in [4.78, 5) is 50.0. The van der Waals surface area contributed by atoms with Gasteiger partial charge in [-0.2, -0.15) is 0 Å². The maximum atomic E-state index is 13.5. The lowest BCUT2D eigenvalue weighted by molar-refractivity contribution is -0.125. The lowest BCUT2D eigenvalue weighted by atomic mass is 9.95. The molecule has 1 fully saturated rings. The molecule has 2 aliphatic heterocycles. The molecule has 9 nitrogen and oxygen atoms in total. The summed E-state index contributed by atoms with van der Waals surface area (Å²) in [5.41, 5.74) is 1.50. The first-order valence-corrected chi connectivity index (χ1v) is 14.2. The van der Waals surface area contributed by atoms with E-state index in [2.05, 4.69) is 10.6 Å². The number of amides is 3. The Labute approximate surface area is 222 Å². The average Bonchev–Trinajstić information content (AvgIpc) is 3.25. The van der Waals surface area contributed by atoms with Crippen molar-refractivity contribution in [2.24, 2.45) is 9.98 Å². The van der Waals surface area contributed by atoms with Gasteiger partial charge in [0.1, 0.15) is 11.9 Å². The number of carbonyl (C=O) groups excluding carboxylic acids is 3. The molecule has 1 saturated carbocycles. The first-order valence-electron chi connectivity index (χ1n) is 13.3. The molecule has 0 radical (unpaired) electrons. The van der Waals surface area contributed by atoms with Crippen LogP contribution in [0.3, 0.4) is 0 Å². The fraction of sp³-hybridized carbons (Fsp3) is 0.593. The Morgan fingerprint density at radius 2 is 2.00 bits per heavy atom. The number of nitrogens with zero attached hydrogens (tertiary/aromatic N) is 3. The van der Waals surface area contributed by atoms with E-state index in [4.69, 9.17) is 14.7 Å². The highest BCUT2D eigenvalue weighted by Crippen LogP contribution is 2.35. The minimum atomic E-state index is -0.646. The molecule has 37 heavy (non-hydrogen) atoms. The van der Waals surface area contributed by atoms with Crippen molar-refractivity contribution in [3.63, 3.8) is 0 Å². The van der Waals surface area contributed by atoms with Gasteiger partial charge in [-0.05, 0) is 44.2 Å². The maximum absolute atomic E-state index is 13.5. The summed E-state index contributed by atoms with van der Waals surface area (Å²) in [6.45, 7) is 3.05. The lowest BCUT2D eigenvalue weighted by Gasteiger charge is -2.27. The van der Waals surface area contributed by atoms with Gasteiger partial charge in [0, 0.05) is 38.3 Å². The fourth-order valence-electron chi connectivity index (χ4n) is 4.88. The highest BCUT2D eigenvalue weighted by atomic mass is 32.2. The molecule has 0 unspecified atom stereocenters. The minimum Gasteiger partial charge on any atom is -0.385 e. The van der Waals surface area contributed by atoms with Crippen LogP contribution in [-0.4, -0.2) is 71.2 Å². The predicted molar refractivity (Wildman–Crippen MR) is 146 cm³/mol. The summed E-state index contributed by atoms with van der Waals surface area (Å²) in [7, 11) is 1.63. The molecule has 1 aliphatic carbocycles. The van der Waals surface area contributed by atoms with E-state index >= 15 is 0 Å². The van der Waals surface area contributed by atoms with Crippen LogP contribution in [0.25, 0.3) is 0 Å². The Hall–Kier alpha value is -2.72. The molecule has 3 aliphatic rings. The second-order valence-electron chi connectivity index (χ2n) is 9.65. The van der Waals surface area contributed by atoms with Crippen molar-refractivity contribution in [2.45, 2.75) is 82.0 Å². The van der Waals surface area contributed by atoms with Gasteiger partial charge in [0.15, 0.2) is 5.17 Å². The fourth-order valence-corrected chi connectivity index (χ4v) is 5.92. The number of methoxy groups -OCH3 is 1. The summed E-state index contributed by atoms with van der Waals surface area (Å²) < 4.78 is 5.05. The van der Waals surface area contributed by atoms with Gasteiger partial charge in [0.2, 0.25) is 11.8 Å². The molecule has 3 amide bonds. The summed E-state index contributed by atoms with van der Waals surface area (Å²) in [6, 6.07) is 7.17. The van der Waals surface area contributed by atoms with Crippen LogP contribution in [0, 0.1) is 0 Å². The number of nitrogens with one attached hydrogen (secondary N) is 2. The van der Waals surface area contributed by atoms with Crippen molar-refractivity contribution in [3.05, 3.63) is 29.8 Å². The Kier molecular flexibility index (Phi) is 9.74. The Balaban J connectivity index is 1.45. The van der Waals surface area contributed by atoms with Crippen LogP contribution in [0.4, 0.5) is 5.69 Å². The van der Waals surface area contributed by atoms with Crippen molar-refractivity contribution in [1.82, 2.24) is 15.5 Å². The molecule has 10 heteroatoms. The van der Waals surface area contributed by atoms with Crippen LogP contribution in [-0.2, 0) is 19.1 Å². The molecular weight excluding hydrogens is 490 g/mol. The molecule has 2 heterocycles. The number of ether oxygens (including phenoxy) is 1. The average molecular weight is 528 g/mol.